The Bertz CT molecular complexity index is 986. The van der Waals surface area contributed by atoms with Crippen LogP contribution in [0, 0.1) is 5.82 Å². The summed E-state index contributed by atoms with van der Waals surface area (Å²) in [5, 5.41) is 9.53. The van der Waals surface area contributed by atoms with Crippen molar-refractivity contribution in [3.05, 3.63) is 71.9 Å². The van der Waals surface area contributed by atoms with Gasteiger partial charge >= 0.3 is 6.01 Å². The molecule has 0 aliphatic rings. The monoisotopic (exact) mass is 361 g/mol. The molecule has 1 aromatic heterocycles. The van der Waals surface area contributed by atoms with Gasteiger partial charge in [-0.15, -0.1) is 5.10 Å². The van der Waals surface area contributed by atoms with Crippen molar-refractivity contribution in [1.82, 2.24) is 10.2 Å². The molecule has 128 valence electrons. The maximum Gasteiger partial charge on any atom is 0.322 e. The average Bonchev–Trinajstić information content (AvgIpc) is 3.02. The molecule has 1 amide bonds. The van der Waals surface area contributed by atoms with E-state index in [1.54, 1.807) is 18.2 Å². The van der Waals surface area contributed by atoms with Crippen LogP contribution in [0.25, 0.3) is 0 Å². The van der Waals surface area contributed by atoms with Crippen LogP contribution in [0.15, 0.2) is 63.9 Å². The number of halogens is 1. The largest absolute Gasteiger partial charge is 0.407 e. The third kappa shape index (κ3) is 4.07. The van der Waals surface area contributed by atoms with Crippen molar-refractivity contribution in [3.8, 4) is 0 Å². The lowest BCUT2D eigenvalue weighted by molar-refractivity contribution is 0.102. The lowest BCUT2D eigenvalue weighted by atomic mass is 10.2. The van der Waals surface area contributed by atoms with Gasteiger partial charge in [0.15, 0.2) is 9.84 Å². The number of hydrogen-bond donors (Lipinski definition) is 1. The van der Waals surface area contributed by atoms with Gasteiger partial charge in [-0.1, -0.05) is 23.3 Å². The maximum atomic E-state index is 12.8. The zero-order chi connectivity index (χ0) is 17.9. The second-order valence-corrected chi connectivity index (χ2v) is 7.02. The van der Waals surface area contributed by atoms with Gasteiger partial charge < -0.3 is 4.42 Å². The predicted molar refractivity (Wildman–Crippen MR) is 86.0 cm³/mol. The van der Waals surface area contributed by atoms with Crippen molar-refractivity contribution in [2.75, 3.05) is 5.32 Å². The molecule has 7 nitrogen and oxygen atoms in total. The summed E-state index contributed by atoms with van der Waals surface area (Å²) in [6.07, 6.45) is 0. The van der Waals surface area contributed by atoms with Crippen LogP contribution in [0.2, 0.25) is 0 Å². The van der Waals surface area contributed by atoms with Crippen molar-refractivity contribution in [3.63, 3.8) is 0 Å². The molecule has 0 radical (unpaired) electrons. The Morgan fingerprint density at radius 3 is 2.40 bits per heavy atom. The van der Waals surface area contributed by atoms with Crippen LogP contribution in [-0.4, -0.2) is 24.5 Å². The topological polar surface area (TPSA) is 102 Å². The summed E-state index contributed by atoms with van der Waals surface area (Å²) < 4.78 is 42.5. The number of benzene rings is 2. The van der Waals surface area contributed by atoms with Crippen LogP contribution in [0.5, 0.6) is 0 Å². The van der Waals surface area contributed by atoms with Gasteiger partial charge in [0.05, 0.1) is 4.90 Å². The van der Waals surface area contributed by atoms with Gasteiger partial charge in [-0.25, -0.2) is 12.8 Å². The van der Waals surface area contributed by atoms with Crippen molar-refractivity contribution in [1.29, 1.82) is 0 Å². The second-order valence-electron chi connectivity index (χ2n) is 5.03. The van der Waals surface area contributed by atoms with Crippen LogP contribution in [0.3, 0.4) is 0 Å². The molecule has 0 aliphatic heterocycles. The first kappa shape index (κ1) is 16.8. The van der Waals surface area contributed by atoms with Crippen LogP contribution in [0.4, 0.5) is 10.4 Å². The molecule has 0 aliphatic carbocycles. The van der Waals surface area contributed by atoms with Gasteiger partial charge in [0.1, 0.15) is 11.6 Å². The number of amides is 1. The van der Waals surface area contributed by atoms with Gasteiger partial charge in [0, 0.05) is 5.56 Å². The fourth-order valence-electron chi connectivity index (χ4n) is 2.01. The van der Waals surface area contributed by atoms with Gasteiger partial charge in [0.2, 0.25) is 5.89 Å². The Morgan fingerprint density at radius 1 is 1.04 bits per heavy atom. The van der Waals surface area contributed by atoms with Crippen molar-refractivity contribution in [2.24, 2.45) is 0 Å². The minimum atomic E-state index is -3.64. The molecule has 0 saturated carbocycles. The summed E-state index contributed by atoms with van der Waals surface area (Å²) in [5.41, 5.74) is 0.193. The molecule has 0 saturated heterocycles. The van der Waals surface area contributed by atoms with Crippen LogP contribution in [-0.2, 0) is 15.6 Å². The number of carbonyl (C=O) groups excluding carboxylic acids is 1. The molecule has 1 heterocycles. The molecular weight excluding hydrogens is 349 g/mol. The van der Waals surface area contributed by atoms with Crippen molar-refractivity contribution >= 4 is 21.8 Å². The highest BCUT2D eigenvalue weighted by molar-refractivity contribution is 7.90. The average molecular weight is 361 g/mol. The van der Waals surface area contributed by atoms with Crippen molar-refractivity contribution in [2.45, 2.75) is 10.6 Å². The Morgan fingerprint density at radius 2 is 1.72 bits per heavy atom. The number of sulfone groups is 1. The van der Waals surface area contributed by atoms with E-state index in [0.717, 1.165) is 12.1 Å². The molecule has 9 heteroatoms. The summed E-state index contributed by atoms with van der Waals surface area (Å²) in [5.74, 6) is -1.70. The molecule has 0 fully saturated rings. The first-order valence-electron chi connectivity index (χ1n) is 7.11. The normalized spacial score (nSPS) is 11.2. The van der Waals surface area contributed by atoms with Gasteiger partial charge in [-0.2, -0.15) is 0 Å². The third-order valence-electron chi connectivity index (χ3n) is 3.21. The van der Waals surface area contributed by atoms with E-state index in [9.17, 15) is 17.6 Å². The van der Waals surface area contributed by atoms with E-state index < -0.39 is 27.3 Å². The van der Waals surface area contributed by atoms with E-state index in [-0.39, 0.29) is 22.4 Å². The number of rotatable bonds is 5. The molecular formula is C16H12FN3O4S. The van der Waals surface area contributed by atoms with E-state index in [4.69, 9.17) is 4.42 Å². The van der Waals surface area contributed by atoms with E-state index >= 15 is 0 Å². The molecule has 0 spiro atoms. The minimum Gasteiger partial charge on any atom is -0.407 e. The number of hydrogen-bond acceptors (Lipinski definition) is 6. The minimum absolute atomic E-state index is 0.130. The highest BCUT2D eigenvalue weighted by Crippen LogP contribution is 2.17. The molecule has 25 heavy (non-hydrogen) atoms. The van der Waals surface area contributed by atoms with E-state index in [2.05, 4.69) is 15.5 Å². The molecule has 2 aromatic carbocycles. The molecule has 0 unspecified atom stereocenters. The lowest BCUT2D eigenvalue weighted by Crippen LogP contribution is -2.12. The Hall–Kier alpha value is -3.07. The third-order valence-corrected chi connectivity index (χ3v) is 4.83. The fourth-order valence-corrected chi connectivity index (χ4v) is 3.19. The molecule has 3 rings (SSSR count). The number of carbonyl (C=O) groups is 1. The summed E-state index contributed by atoms with van der Waals surface area (Å²) in [4.78, 5) is 12.1. The van der Waals surface area contributed by atoms with Crippen molar-refractivity contribution < 1.29 is 22.0 Å². The zero-order valence-electron chi connectivity index (χ0n) is 12.7. The Labute approximate surface area is 142 Å². The zero-order valence-corrected chi connectivity index (χ0v) is 13.5. The standard InChI is InChI=1S/C16H12FN3O4S/c17-12-8-6-11(7-9-12)15(21)18-16-20-19-14(24-16)10-25(22,23)13-4-2-1-3-5-13/h1-9H,10H2,(H,18,20,21). The highest BCUT2D eigenvalue weighted by atomic mass is 32.2. The molecule has 1 N–H and O–H groups in total. The Balaban J connectivity index is 1.70. The second kappa shape index (κ2) is 6.81. The van der Waals surface area contributed by atoms with E-state index in [1.807, 2.05) is 0 Å². The predicted octanol–water partition coefficient (Wildman–Crippen LogP) is 2.43. The first-order chi connectivity index (χ1) is 11.9. The summed E-state index contributed by atoms with van der Waals surface area (Å²) >= 11 is 0. The molecule has 0 atom stereocenters. The molecule has 3 aromatic rings. The lowest BCUT2D eigenvalue weighted by Gasteiger charge is -2.01. The van der Waals surface area contributed by atoms with Gasteiger partial charge in [0.25, 0.3) is 5.91 Å². The van der Waals surface area contributed by atoms with Crippen LogP contribution in [0.1, 0.15) is 16.2 Å². The number of nitrogens with one attached hydrogen (secondary N) is 1. The fraction of sp³-hybridized carbons (Fsp3) is 0.0625. The van der Waals surface area contributed by atoms with Crippen LogP contribution >= 0.6 is 0 Å². The van der Waals surface area contributed by atoms with Gasteiger partial charge in [-0.05, 0) is 36.4 Å². The first-order valence-corrected chi connectivity index (χ1v) is 8.76. The summed E-state index contributed by atoms with van der Waals surface area (Å²) in [6, 6.07) is 12.5. The van der Waals surface area contributed by atoms with E-state index in [0.29, 0.717) is 0 Å². The number of nitrogens with zero attached hydrogens (tertiary/aromatic N) is 2. The smallest absolute Gasteiger partial charge is 0.322 e. The Kier molecular flexibility index (Phi) is 4.57. The molecule has 0 bridgehead atoms. The van der Waals surface area contributed by atoms with E-state index in [1.165, 1.54) is 24.3 Å². The SMILES string of the molecule is O=C(Nc1nnc(CS(=O)(=O)c2ccccc2)o1)c1ccc(F)cc1. The maximum absolute atomic E-state index is 12.8. The number of anilines is 1. The van der Waals surface area contributed by atoms with Gasteiger partial charge in [-0.3, -0.25) is 10.1 Å². The van der Waals surface area contributed by atoms with Crippen LogP contribution < -0.4 is 5.32 Å². The highest BCUT2D eigenvalue weighted by Gasteiger charge is 2.20. The summed E-state index contributed by atoms with van der Waals surface area (Å²) in [6.45, 7) is 0. The quantitative estimate of drug-likeness (QED) is 0.749. The number of aromatic nitrogens is 2. The summed E-state index contributed by atoms with van der Waals surface area (Å²) in [7, 11) is -3.64.